The van der Waals surface area contributed by atoms with Crippen LogP contribution in [0, 0.1) is 0 Å². The van der Waals surface area contributed by atoms with E-state index in [0.29, 0.717) is 13.0 Å². The topological polar surface area (TPSA) is 60.9 Å². The van der Waals surface area contributed by atoms with Crippen LogP contribution in [-0.2, 0) is 9.59 Å². The Morgan fingerprint density at radius 1 is 1.31 bits per heavy atom. The van der Waals surface area contributed by atoms with E-state index >= 15 is 0 Å². The van der Waals surface area contributed by atoms with Crippen molar-refractivity contribution >= 4 is 11.9 Å². The molecule has 0 aliphatic carbocycles. The molecule has 1 amide bonds. The second kappa shape index (κ2) is 5.84. The Morgan fingerprint density at radius 2 is 2.00 bits per heavy atom. The first-order chi connectivity index (χ1) is 7.52. The summed E-state index contributed by atoms with van der Waals surface area (Å²) < 4.78 is 0. The lowest BCUT2D eigenvalue weighted by molar-refractivity contribution is -0.150. The van der Waals surface area contributed by atoms with Gasteiger partial charge in [-0.1, -0.05) is 12.8 Å². The van der Waals surface area contributed by atoms with Gasteiger partial charge in [0.2, 0.25) is 5.91 Å². The Kier molecular flexibility index (Phi) is 4.73. The second-order valence-electron chi connectivity index (χ2n) is 4.53. The molecule has 1 unspecified atom stereocenters. The van der Waals surface area contributed by atoms with Gasteiger partial charge in [0.15, 0.2) is 0 Å². The van der Waals surface area contributed by atoms with Crippen molar-refractivity contribution in [2.45, 2.75) is 31.7 Å². The van der Waals surface area contributed by atoms with Crippen molar-refractivity contribution < 1.29 is 14.7 Å². The number of carbonyl (C=O) groups excluding carboxylic acids is 1. The van der Waals surface area contributed by atoms with E-state index in [1.54, 1.807) is 4.90 Å². The van der Waals surface area contributed by atoms with Crippen molar-refractivity contribution in [3.05, 3.63) is 0 Å². The number of carboxylic acid groups (broad SMARTS) is 1. The summed E-state index contributed by atoms with van der Waals surface area (Å²) in [7, 11) is 3.62. The molecule has 0 spiro atoms. The summed E-state index contributed by atoms with van der Waals surface area (Å²) in [6.45, 7) is 0.855. The molecular formula is C11H20N2O3. The van der Waals surface area contributed by atoms with E-state index in [9.17, 15) is 9.59 Å². The lowest BCUT2D eigenvalue weighted by Crippen LogP contribution is -2.47. The van der Waals surface area contributed by atoms with Crippen LogP contribution in [-0.4, -0.2) is 60.0 Å². The Labute approximate surface area is 96.0 Å². The van der Waals surface area contributed by atoms with Crippen LogP contribution < -0.4 is 0 Å². The van der Waals surface area contributed by atoms with E-state index in [0.717, 1.165) is 19.3 Å². The van der Waals surface area contributed by atoms with Crippen LogP contribution in [0.5, 0.6) is 0 Å². The average Bonchev–Trinajstić information content (AvgIpc) is 2.40. The standard InChI is InChI=1S/C11H20N2O3/c1-12(2)8-10(14)13-7-5-3-4-6-9(13)11(15)16/h9H,3-8H2,1-2H3,(H,15,16). The van der Waals surface area contributed by atoms with Gasteiger partial charge >= 0.3 is 5.97 Å². The fourth-order valence-electron chi connectivity index (χ4n) is 2.02. The molecule has 1 rings (SSSR count). The predicted octanol–water partition coefficient (Wildman–Crippen LogP) is 0.404. The highest BCUT2D eigenvalue weighted by molar-refractivity contribution is 5.84. The molecule has 1 aliphatic heterocycles. The van der Waals surface area contributed by atoms with E-state index in [2.05, 4.69) is 0 Å². The molecule has 0 saturated carbocycles. The van der Waals surface area contributed by atoms with Crippen molar-refractivity contribution in [1.82, 2.24) is 9.80 Å². The number of nitrogens with zero attached hydrogens (tertiary/aromatic N) is 2. The molecule has 1 aliphatic rings. The first-order valence-electron chi connectivity index (χ1n) is 5.69. The molecule has 5 nitrogen and oxygen atoms in total. The van der Waals surface area contributed by atoms with E-state index in [1.165, 1.54) is 4.90 Å². The molecule has 0 aromatic carbocycles. The first kappa shape index (κ1) is 13.0. The van der Waals surface area contributed by atoms with Crippen LogP contribution in [0.3, 0.4) is 0 Å². The largest absolute Gasteiger partial charge is 0.480 e. The normalized spacial score (nSPS) is 21.9. The number of likely N-dealkylation sites (tertiary alicyclic amines) is 1. The van der Waals surface area contributed by atoms with Gasteiger partial charge in [0.1, 0.15) is 6.04 Å². The van der Waals surface area contributed by atoms with Crippen molar-refractivity contribution in [2.75, 3.05) is 27.2 Å². The number of hydrogen-bond donors (Lipinski definition) is 1. The van der Waals surface area contributed by atoms with E-state index < -0.39 is 12.0 Å². The Bertz CT molecular complexity index is 266. The molecule has 5 heteroatoms. The van der Waals surface area contributed by atoms with Gasteiger partial charge in [-0.3, -0.25) is 4.79 Å². The van der Waals surface area contributed by atoms with Crippen molar-refractivity contribution in [1.29, 1.82) is 0 Å². The Balaban J connectivity index is 2.70. The van der Waals surface area contributed by atoms with Gasteiger partial charge in [0.05, 0.1) is 6.54 Å². The van der Waals surface area contributed by atoms with Crippen LogP contribution >= 0.6 is 0 Å². The van der Waals surface area contributed by atoms with Crippen molar-refractivity contribution in [3.8, 4) is 0 Å². The summed E-state index contributed by atoms with van der Waals surface area (Å²) in [5.74, 6) is -0.965. The van der Waals surface area contributed by atoms with Gasteiger partial charge in [-0.2, -0.15) is 0 Å². The molecule has 0 aromatic heterocycles. The van der Waals surface area contributed by atoms with Gasteiger partial charge in [-0.15, -0.1) is 0 Å². The number of rotatable bonds is 3. The summed E-state index contributed by atoms with van der Waals surface area (Å²) in [6, 6.07) is -0.630. The summed E-state index contributed by atoms with van der Waals surface area (Å²) in [5.41, 5.74) is 0. The molecule has 0 bridgehead atoms. The Hall–Kier alpha value is -1.10. The number of amides is 1. The van der Waals surface area contributed by atoms with Crippen LogP contribution in [0.1, 0.15) is 25.7 Å². The van der Waals surface area contributed by atoms with Crippen LogP contribution in [0.15, 0.2) is 0 Å². The maximum atomic E-state index is 11.9. The van der Waals surface area contributed by atoms with E-state index in [-0.39, 0.29) is 12.5 Å². The Morgan fingerprint density at radius 3 is 2.56 bits per heavy atom. The van der Waals surface area contributed by atoms with Gasteiger partial charge in [-0.05, 0) is 26.9 Å². The molecule has 1 saturated heterocycles. The second-order valence-corrected chi connectivity index (χ2v) is 4.53. The van der Waals surface area contributed by atoms with Crippen LogP contribution in [0.4, 0.5) is 0 Å². The zero-order valence-electron chi connectivity index (χ0n) is 9.98. The monoisotopic (exact) mass is 228 g/mol. The third kappa shape index (κ3) is 3.48. The number of carbonyl (C=O) groups is 2. The molecule has 0 aromatic rings. The van der Waals surface area contributed by atoms with E-state index in [1.807, 2.05) is 14.1 Å². The number of aliphatic carboxylic acids is 1. The quantitative estimate of drug-likeness (QED) is 0.759. The van der Waals surface area contributed by atoms with Crippen molar-refractivity contribution in [3.63, 3.8) is 0 Å². The molecule has 0 radical (unpaired) electrons. The highest BCUT2D eigenvalue weighted by atomic mass is 16.4. The summed E-state index contributed by atoms with van der Waals surface area (Å²) in [5, 5.41) is 9.11. The summed E-state index contributed by atoms with van der Waals surface area (Å²) >= 11 is 0. The predicted molar refractivity (Wildman–Crippen MR) is 60.2 cm³/mol. The number of carboxylic acids is 1. The highest BCUT2D eigenvalue weighted by Gasteiger charge is 2.30. The fourth-order valence-corrected chi connectivity index (χ4v) is 2.02. The third-order valence-corrected chi connectivity index (χ3v) is 2.81. The van der Waals surface area contributed by atoms with Crippen molar-refractivity contribution in [2.24, 2.45) is 0 Å². The van der Waals surface area contributed by atoms with Crippen LogP contribution in [0.25, 0.3) is 0 Å². The average molecular weight is 228 g/mol. The van der Waals surface area contributed by atoms with Crippen LogP contribution in [0.2, 0.25) is 0 Å². The minimum atomic E-state index is -0.881. The molecule has 16 heavy (non-hydrogen) atoms. The zero-order valence-corrected chi connectivity index (χ0v) is 9.98. The minimum absolute atomic E-state index is 0.0840. The smallest absolute Gasteiger partial charge is 0.326 e. The molecule has 92 valence electrons. The first-order valence-corrected chi connectivity index (χ1v) is 5.69. The maximum absolute atomic E-state index is 11.9. The molecule has 1 atom stereocenters. The molecular weight excluding hydrogens is 208 g/mol. The van der Waals surface area contributed by atoms with Gasteiger partial charge in [-0.25, -0.2) is 4.79 Å². The fraction of sp³-hybridized carbons (Fsp3) is 0.818. The molecule has 1 fully saturated rings. The van der Waals surface area contributed by atoms with Gasteiger partial charge < -0.3 is 14.9 Å². The molecule has 1 heterocycles. The summed E-state index contributed by atoms with van der Waals surface area (Å²) in [4.78, 5) is 26.3. The lowest BCUT2D eigenvalue weighted by atomic mass is 10.1. The zero-order chi connectivity index (χ0) is 12.1. The minimum Gasteiger partial charge on any atom is -0.480 e. The number of hydrogen-bond acceptors (Lipinski definition) is 3. The highest BCUT2D eigenvalue weighted by Crippen LogP contribution is 2.17. The van der Waals surface area contributed by atoms with Gasteiger partial charge in [0, 0.05) is 6.54 Å². The summed E-state index contributed by atoms with van der Waals surface area (Å²) in [6.07, 6.45) is 3.38. The maximum Gasteiger partial charge on any atom is 0.326 e. The SMILES string of the molecule is CN(C)CC(=O)N1CCCCCC1C(=O)O. The lowest BCUT2D eigenvalue weighted by Gasteiger charge is -2.28. The van der Waals surface area contributed by atoms with E-state index in [4.69, 9.17) is 5.11 Å². The number of likely N-dealkylation sites (N-methyl/N-ethyl adjacent to an activating group) is 1. The third-order valence-electron chi connectivity index (χ3n) is 2.81. The van der Waals surface area contributed by atoms with Gasteiger partial charge in [0.25, 0.3) is 0 Å². The molecule has 1 N–H and O–H groups in total.